The molecular weight excluding hydrogens is 529 g/mol. The average molecular weight is 570 g/mol. The topological polar surface area (TPSA) is 91.4 Å². The minimum atomic E-state index is -0.916. The zero-order valence-electron chi connectivity index (χ0n) is 24.5. The van der Waals surface area contributed by atoms with E-state index in [2.05, 4.69) is 0 Å². The third kappa shape index (κ3) is 7.44. The van der Waals surface area contributed by atoms with Crippen LogP contribution in [0.15, 0.2) is 42.5 Å². The normalized spacial score (nSPS) is 23.0. The summed E-state index contributed by atoms with van der Waals surface area (Å²) in [6.45, 7) is 9.28. The molecule has 0 N–H and O–H groups in total. The molecule has 0 bridgehead atoms. The first-order valence-corrected chi connectivity index (χ1v) is 14.3. The highest BCUT2D eigenvalue weighted by Crippen LogP contribution is 2.42. The molecule has 1 unspecified atom stereocenters. The molecule has 0 aromatic heterocycles. The summed E-state index contributed by atoms with van der Waals surface area (Å²) in [5, 5.41) is 0. The average Bonchev–Trinajstić information content (AvgIpc) is 2.93. The van der Waals surface area contributed by atoms with Crippen molar-refractivity contribution < 1.29 is 37.7 Å². The maximum atomic E-state index is 14.8. The molecule has 4 atom stereocenters. The Hall–Kier alpha value is -3.46. The van der Waals surface area contributed by atoms with Crippen LogP contribution in [0.3, 0.4) is 0 Å². The second-order valence-corrected chi connectivity index (χ2v) is 11.6. The fourth-order valence-electron chi connectivity index (χ4n) is 5.56. The highest BCUT2D eigenvalue weighted by molar-refractivity contribution is 6.00. The van der Waals surface area contributed by atoms with Gasteiger partial charge in [0.1, 0.15) is 17.2 Å². The Morgan fingerprint density at radius 1 is 1.05 bits per heavy atom. The van der Waals surface area contributed by atoms with Gasteiger partial charge in [0, 0.05) is 36.9 Å². The van der Waals surface area contributed by atoms with Gasteiger partial charge in [-0.1, -0.05) is 24.3 Å². The Balaban J connectivity index is 1.75. The third-order valence-electron chi connectivity index (χ3n) is 7.47. The van der Waals surface area contributed by atoms with Gasteiger partial charge in [-0.2, -0.15) is 0 Å². The molecule has 8 nitrogen and oxygen atoms in total. The van der Waals surface area contributed by atoms with Crippen LogP contribution in [0.4, 0.5) is 9.18 Å². The molecule has 2 heterocycles. The molecular formula is C32H40FNO7. The Labute approximate surface area is 241 Å². The smallest absolute Gasteiger partial charge is 0.410 e. The number of hydrogen-bond acceptors (Lipinski definition) is 7. The Morgan fingerprint density at radius 2 is 1.78 bits per heavy atom. The molecule has 2 aliphatic rings. The van der Waals surface area contributed by atoms with E-state index in [0.717, 1.165) is 19.3 Å². The van der Waals surface area contributed by atoms with E-state index in [0.29, 0.717) is 29.0 Å². The molecule has 0 aliphatic carbocycles. The number of hydrogen-bond donors (Lipinski definition) is 0. The van der Waals surface area contributed by atoms with Gasteiger partial charge in [-0.15, -0.1) is 0 Å². The van der Waals surface area contributed by atoms with Crippen LogP contribution in [-0.2, 0) is 19.0 Å². The number of halogens is 1. The van der Waals surface area contributed by atoms with Crippen LogP contribution in [0.25, 0.3) is 0 Å². The third-order valence-corrected chi connectivity index (χ3v) is 7.47. The molecule has 0 spiro atoms. The largest absolute Gasteiger partial charge is 0.466 e. The predicted molar refractivity (Wildman–Crippen MR) is 150 cm³/mol. The fraction of sp³-hybridized carbons (Fsp3) is 0.531. The van der Waals surface area contributed by atoms with Gasteiger partial charge in [-0.25, -0.2) is 9.18 Å². The van der Waals surface area contributed by atoms with E-state index in [9.17, 15) is 18.8 Å². The lowest BCUT2D eigenvalue weighted by molar-refractivity contribution is -0.151. The first-order valence-electron chi connectivity index (χ1n) is 14.3. The molecule has 2 aliphatic heterocycles. The second kappa shape index (κ2) is 13.0. The molecule has 2 aromatic rings. The number of rotatable bonds is 7. The summed E-state index contributed by atoms with van der Waals surface area (Å²) in [7, 11) is 0. The van der Waals surface area contributed by atoms with E-state index >= 15 is 0 Å². The SMILES string of the molecule is CCOC(=O)[C@@H]1CN(C(=O)OC(C)(C)C)C[C@H](C(=O)c2cccc(OC3CCCCO3)c2)[C@H]1c1cccc(F)c1C. The number of amides is 1. The number of nitrogens with zero attached hydrogens (tertiary/aromatic N) is 1. The van der Waals surface area contributed by atoms with Gasteiger partial charge >= 0.3 is 12.1 Å². The van der Waals surface area contributed by atoms with Crippen molar-refractivity contribution in [2.75, 3.05) is 26.3 Å². The number of ether oxygens (including phenoxy) is 4. The first-order chi connectivity index (χ1) is 19.5. The summed E-state index contributed by atoms with van der Waals surface area (Å²) in [5.74, 6) is -3.33. The lowest BCUT2D eigenvalue weighted by Gasteiger charge is -2.43. The molecule has 2 saturated heterocycles. The molecule has 0 saturated carbocycles. The number of ketones is 1. The summed E-state index contributed by atoms with van der Waals surface area (Å²) in [5.41, 5.74) is 0.463. The standard InChI is InChI=1S/C32H40FNO7/c1-6-38-30(36)25-19-34(31(37)41-32(3,4)5)18-24(28(25)23-13-10-14-26(33)20(23)2)29(35)21-11-9-12-22(17-21)40-27-15-7-8-16-39-27/h9-14,17,24-25,27-28H,6-8,15-16,18-19H2,1-5H3/t24-,25+,27?,28+/m0/s1. The van der Waals surface area contributed by atoms with Crippen LogP contribution in [-0.4, -0.2) is 60.9 Å². The van der Waals surface area contributed by atoms with Gasteiger partial charge in [0.15, 0.2) is 12.1 Å². The van der Waals surface area contributed by atoms with Crippen molar-refractivity contribution in [1.29, 1.82) is 0 Å². The van der Waals surface area contributed by atoms with E-state index in [1.54, 1.807) is 71.0 Å². The van der Waals surface area contributed by atoms with Crippen molar-refractivity contribution in [2.45, 2.75) is 71.7 Å². The second-order valence-electron chi connectivity index (χ2n) is 11.6. The highest BCUT2D eigenvalue weighted by atomic mass is 19.1. The summed E-state index contributed by atoms with van der Waals surface area (Å²) < 4.78 is 37.5. The van der Waals surface area contributed by atoms with Gasteiger partial charge in [-0.05, 0) is 76.8 Å². The zero-order valence-corrected chi connectivity index (χ0v) is 24.5. The van der Waals surface area contributed by atoms with Crippen LogP contribution in [0, 0.1) is 24.6 Å². The summed E-state index contributed by atoms with van der Waals surface area (Å²) in [4.78, 5) is 42.3. The van der Waals surface area contributed by atoms with Crippen LogP contribution in [0.5, 0.6) is 5.75 Å². The maximum absolute atomic E-state index is 14.8. The lowest BCUT2D eigenvalue weighted by atomic mass is 9.70. The molecule has 2 aromatic carbocycles. The zero-order chi connectivity index (χ0) is 29.7. The van der Waals surface area contributed by atoms with E-state index in [1.165, 1.54) is 11.0 Å². The number of piperidine rings is 1. The summed E-state index contributed by atoms with van der Waals surface area (Å²) in [6, 6.07) is 11.5. The summed E-state index contributed by atoms with van der Waals surface area (Å²) >= 11 is 0. The highest BCUT2D eigenvalue weighted by Gasteiger charge is 2.48. The number of likely N-dealkylation sites (tertiary alicyclic amines) is 1. The number of esters is 1. The van der Waals surface area contributed by atoms with Crippen LogP contribution >= 0.6 is 0 Å². The predicted octanol–water partition coefficient (Wildman–Crippen LogP) is 6.05. The lowest BCUT2D eigenvalue weighted by Crippen LogP contribution is -2.53. The van der Waals surface area contributed by atoms with Crippen molar-refractivity contribution in [2.24, 2.45) is 11.8 Å². The van der Waals surface area contributed by atoms with Crippen molar-refractivity contribution in [3.63, 3.8) is 0 Å². The fourth-order valence-corrected chi connectivity index (χ4v) is 5.56. The molecule has 1 amide bonds. The molecule has 2 fully saturated rings. The number of Topliss-reactive ketones (excluding diaryl/α,β-unsaturated/α-hetero) is 1. The van der Waals surface area contributed by atoms with Gasteiger partial charge in [0.2, 0.25) is 0 Å². The first kappa shape index (κ1) is 30.5. The Morgan fingerprint density at radius 3 is 2.46 bits per heavy atom. The van der Waals surface area contributed by atoms with E-state index in [4.69, 9.17) is 18.9 Å². The van der Waals surface area contributed by atoms with Gasteiger partial charge < -0.3 is 23.8 Å². The molecule has 4 rings (SSSR count). The Kier molecular flexibility index (Phi) is 9.68. The monoisotopic (exact) mass is 569 g/mol. The quantitative estimate of drug-likeness (QED) is 0.296. The number of benzene rings is 2. The van der Waals surface area contributed by atoms with Gasteiger partial charge in [0.05, 0.1) is 19.1 Å². The van der Waals surface area contributed by atoms with Crippen molar-refractivity contribution in [3.8, 4) is 5.75 Å². The molecule has 0 radical (unpaired) electrons. The van der Waals surface area contributed by atoms with E-state index in [-0.39, 0.29) is 31.8 Å². The number of carbonyl (C=O) groups is 3. The Bertz CT molecular complexity index is 1250. The van der Waals surface area contributed by atoms with Crippen molar-refractivity contribution in [1.82, 2.24) is 4.90 Å². The van der Waals surface area contributed by atoms with Gasteiger partial charge in [0.25, 0.3) is 0 Å². The van der Waals surface area contributed by atoms with Crippen LogP contribution in [0.1, 0.15) is 74.4 Å². The van der Waals surface area contributed by atoms with Crippen molar-refractivity contribution >= 4 is 17.8 Å². The van der Waals surface area contributed by atoms with Crippen LogP contribution in [0.2, 0.25) is 0 Å². The van der Waals surface area contributed by atoms with E-state index < -0.39 is 41.2 Å². The molecule has 222 valence electrons. The number of carbonyl (C=O) groups excluding carboxylic acids is 3. The van der Waals surface area contributed by atoms with E-state index in [1.807, 2.05) is 0 Å². The minimum absolute atomic E-state index is 0.0128. The molecule has 41 heavy (non-hydrogen) atoms. The molecule has 9 heteroatoms. The van der Waals surface area contributed by atoms with Gasteiger partial charge in [-0.3, -0.25) is 9.59 Å². The maximum Gasteiger partial charge on any atom is 0.410 e. The van der Waals surface area contributed by atoms with Crippen molar-refractivity contribution in [3.05, 3.63) is 65.0 Å². The van der Waals surface area contributed by atoms with Crippen LogP contribution < -0.4 is 4.74 Å². The minimum Gasteiger partial charge on any atom is -0.466 e. The summed E-state index contributed by atoms with van der Waals surface area (Å²) in [6.07, 6.45) is 1.72.